The number of terminal acetylenes is 1. The Morgan fingerprint density at radius 2 is 2.32 bits per heavy atom. The molecule has 0 radical (unpaired) electrons. The molecule has 1 heterocycles. The van der Waals surface area contributed by atoms with Gasteiger partial charge in [0.25, 0.3) is 5.91 Å². The first-order valence-electron chi connectivity index (χ1n) is 6.03. The van der Waals surface area contributed by atoms with Crippen LogP contribution in [0, 0.1) is 12.3 Å². The number of ether oxygens (including phenoxy) is 1. The fourth-order valence-electron chi connectivity index (χ4n) is 2.04. The highest BCUT2D eigenvalue weighted by Crippen LogP contribution is 2.28. The smallest absolute Gasteiger partial charge is 0.256 e. The maximum atomic E-state index is 12.0. The second-order valence-corrected chi connectivity index (χ2v) is 4.34. The number of aromatic hydroxyl groups is 2. The van der Waals surface area contributed by atoms with Gasteiger partial charge in [-0.25, -0.2) is 0 Å². The molecule has 1 fully saturated rings. The highest BCUT2D eigenvalue weighted by molar-refractivity contribution is 5.98. The van der Waals surface area contributed by atoms with Crippen LogP contribution in [-0.2, 0) is 4.74 Å². The van der Waals surface area contributed by atoms with E-state index in [1.165, 1.54) is 18.2 Å². The van der Waals surface area contributed by atoms with Crippen LogP contribution in [0.1, 0.15) is 23.2 Å². The van der Waals surface area contributed by atoms with Crippen molar-refractivity contribution in [2.45, 2.75) is 25.0 Å². The molecule has 0 bridgehead atoms. The third kappa shape index (κ3) is 2.80. The number of nitrogens with one attached hydrogen (secondary N) is 1. The third-order valence-electron chi connectivity index (χ3n) is 3.06. The zero-order chi connectivity index (χ0) is 13.8. The molecule has 19 heavy (non-hydrogen) atoms. The monoisotopic (exact) mass is 261 g/mol. The lowest BCUT2D eigenvalue weighted by Gasteiger charge is -2.19. The number of amides is 1. The van der Waals surface area contributed by atoms with Gasteiger partial charge in [0.05, 0.1) is 11.7 Å². The average Bonchev–Trinajstić information content (AvgIpc) is 2.92. The molecule has 100 valence electrons. The van der Waals surface area contributed by atoms with Crippen LogP contribution in [0.5, 0.6) is 11.5 Å². The van der Waals surface area contributed by atoms with Crippen molar-refractivity contribution < 1.29 is 19.7 Å². The van der Waals surface area contributed by atoms with Gasteiger partial charge in [-0.2, -0.15) is 0 Å². The number of benzene rings is 1. The largest absolute Gasteiger partial charge is 0.504 e. The Balaban J connectivity index is 2.11. The fourth-order valence-corrected chi connectivity index (χ4v) is 2.04. The maximum absolute atomic E-state index is 12.0. The van der Waals surface area contributed by atoms with Crippen molar-refractivity contribution in [3.8, 4) is 23.8 Å². The van der Waals surface area contributed by atoms with Gasteiger partial charge < -0.3 is 20.3 Å². The molecule has 0 aliphatic carbocycles. The molecule has 1 aliphatic heterocycles. The van der Waals surface area contributed by atoms with E-state index < -0.39 is 17.7 Å². The fraction of sp³-hybridized carbons (Fsp3) is 0.357. The van der Waals surface area contributed by atoms with Crippen LogP contribution in [0.4, 0.5) is 0 Å². The van der Waals surface area contributed by atoms with Gasteiger partial charge in [-0.3, -0.25) is 4.79 Å². The minimum Gasteiger partial charge on any atom is -0.504 e. The molecule has 2 rings (SSSR count). The van der Waals surface area contributed by atoms with Gasteiger partial charge in [-0.1, -0.05) is 12.0 Å². The lowest BCUT2D eigenvalue weighted by Crippen LogP contribution is -2.42. The molecule has 0 saturated carbocycles. The molecule has 3 N–H and O–H groups in total. The molecule has 1 aromatic rings. The van der Waals surface area contributed by atoms with Crippen LogP contribution in [-0.4, -0.2) is 34.9 Å². The summed E-state index contributed by atoms with van der Waals surface area (Å²) in [4.78, 5) is 12.0. The van der Waals surface area contributed by atoms with Gasteiger partial charge in [0.15, 0.2) is 11.5 Å². The molecule has 2 atom stereocenters. The Bertz CT molecular complexity index is 515. The number of hydrogen-bond acceptors (Lipinski definition) is 4. The summed E-state index contributed by atoms with van der Waals surface area (Å²) >= 11 is 0. The summed E-state index contributed by atoms with van der Waals surface area (Å²) in [5.74, 6) is 1.14. The number of hydrogen-bond donors (Lipinski definition) is 3. The number of carbonyl (C=O) groups is 1. The first-order chi connectivity index (χ1) is 9.13. The van der Waals surface area contributed by atoms with Gasteiger partial charge in [-0.15, -0.1) is 6.42 Å². The third-order valence-corrected chi connectivity index (χ3v) is 3.06. The highest BCUT2D eigenvalue weighted by atomic mass is 16.5. The zero-order valence-corrected chi connectivity index (χ0v) is 10.3. The van der Waals surface area contributed by atoms with Crippen LogP contribution in [0.3, 0.4) is 0 Å². The van der Waals surface area contributed by atoms with Gasteiger partial charge in [0, 0.05) is 6.61 Å². The van der Waals surface area contributed by atoms with Crippen molar-refractivity contribution in [1.29, 1.82) is 0 Å². The second-order valence-electron chi connectivity index (χ2n) is 4.34. The number of carbonyl (C=O) groups excluding carboxylic acids is 1. The number of phenols is 2. The summed E-state index contributed by atoms with van der Waals surface area (Å²) in [7, 11) is 0. The van der Waals surface area contributed by atoms with Crippen molar-refractivity contribution in [3.63, 3.8) is 0 Å². The van der Waals surface area contributed by atoms with E-state index in [0.29, 0.717) is 6.61 Å². The van der Waals surface area contributed by atoms with Gasteiger partial charge in [-0.05, 0) is 25.0 Å². The number of phenolic OH excluding ortho intramolecular Hbond substituents is 2. The Morgan fingerprint density at radius 1 is 1.53 bits per heavy atom. The van der Waals surface area contributed by atoms with Crippen molar-refractivity contribution in [2.24, 2.45) is 0 Å². The van der Waals surface area contributed by atoms with Crippen molar-refractivity contribution in [1.82, 2.24) is 5.32 Å². The molecule has 5 nitrogen and oxygen atoms in total. The second kappa shape index (κ2) is 5.63. The summed E-state index contributed by atoms with van der Waals surface area (Å²) in [6.07, 6.45) is 6.90. The van der Waals surface area contributed by atoms with Gasteiger partial charge in [0.1, 0.15) is 6.04 Å². The summed E-state index contributed by atoms with van der Waals surface area (Å²) in [5.41, 5.74) is -0.0155. The van der Waals surface area contributed by atoms with Crippen LogP contribution in [0.2, 0.25) is 0 Å². The first-order valence-corrected chi connectivity index (χ1v) is 6.03. The summed E-state index contributed by atoms with van der Waals surface area (Å²) in [5, 5.41) is 21.6. The average molecular weight is 261 g/mol. The molecule has 1 aromatic carbocycles. The normalized spacial score (nSPS) is 19.6. The standard InChI is InChI=1S/C14H15NO4/c1-2-10(12-7-4-8-19-12)15-14(18)9-5-3-6-11(16)13(9)17/h1,3,5-6,10,12,16-17H,4,7-8H2,(H,15,18)/t10-,12+/m0/s1. The van der Waals surface area contributed by atoms with Gasteiger partial charge >= 0.3 is 0 Å². The minimum atomic E-state index is -0.545. The molecular formula is C14H15NO4. The van der Waals surface area contributed by atoms with Crippen molar-refractivity contribution >= 4 is 5.91 Å². The molecule has 5 heteroatoms. The van der Waals surface area contributed by atoms with Crippen molar-refractivity contribution in [2.75, 3.05) is 6.61 Å². The van der Waals surface area contributed by atoms with E-state index in [0.717, 1.165) is 12.8 Å². The first kappa shape index (κ1) is 13.2. The van der Waals surface area contributed by atoms with E-state index in [4.69, 9.17) is 11.2 Å². The van der Waals surface area contributed by atoms with E-state index >= 15 is 0 Å². The lowest BCUT2D eigenvalue weighted by molar-refractivity contribution is 0.0774. The van der Waals surface area contributed by atoms with E-state index in [1.807, 2.05) is 0 Å². The van der Waals surface area contributed by atoms with Crippen LogP contribution < -0.4 is 5.32 Å². The topological polar surface area (TPSA) is 78.8 Å². The van der Waals surface area contributed by atoms with Crippen LogP contribution >= 0.6 is 0 Å². The quantitative estimate of drug-likeness (QED) is 0.560. The Kier molecular flexibility index (Phi) is 3.93. The maximum Gasteiger partial charge on any atom is 0.256 e. The predicted molar refractivity (Wildman–Crippen MR) is 68.8 cm³/mol. The predicted octanol–water partition coefficient (Wildman–Crippen LogP) is 1.01. The SMILES string of the molecule is C#C[C@H](NC(=O)c1cccc(O)c1O)[C@H]1CCCO1. The Morgan fingerprint density at radius 3 is 2.95 bits per heavy atom. The van der Waals surface area contributed by atoms with Crippen molar-refractivity contribution in [3.05, 3.63) is 23.8 Å². The van der Waals surface area contributed by atoms with E-state index in [1.54, 1.807) is 0 Å². The molecule has 0 unspecified atom stereocenters. The van der Waals surface area contributed by atoms with Crippen LogP contribution in [0.25, 0.3) is 0 Å². The summed E-state index contributed by atoms with van der Waals surface area (Å²) in [6.45, 7) is 0.635. The Labute approximate surface area is 111 Å². The van der Waals surface area contributed by atoms with E-state index in [-0.39, 0.29) is 17.4 Å². The molecule has 0 spiro atoms. The summed E-state index contributed by atoms with van der Waals surface area (Å²) < 4.78 is 5.43. The number of para-hydroxylation sites is 1. The number of rotatable bonds is 3. The molecular weight excluding hydrogens is 246 g/mol. The highest BCUT2D eigenvalue weighted by Gasteiger charge is 2.27. The molecule has 1 aliphatic rings. The van der Waals surface area contributed by atoms with E-state index in [9.17, 15) is 15.0 Å². The molecule has 1 amide bonds. The Hall–Kier alpha value is -2.19. The van der Waals surface area contributed by atoms with E-state index in [2.05, 4.69) is 11.2 Å². The van der Waals surface area contributed by atoms with Crippen LogP contribution in [0.15, 0.2) is 18.2 Å². The van der Waals surface area contributed by atoms with Gasteiger partial charge in [0.2, 0.25) is 0 Å². The lowest BCUT2D eigenvalue weighted by atomic mass is 10.1. The molecule has 0 aromatic heterocycles. The minimum absolute atomic E-state index is 0.0155. The zero-order valence-electron chi connectivity index (χ0n) is 10.3. The summed E-state index contributed by atoms with van der Waals surface area (Å²) in [6, 6.07) is 3.64. The molecule has 1 saturated heterocycles.